The van der Waals surface area contributed by atoms with Gasteiger partial charge in [0, 0.05) is 31.7 Å². The molecular formula is C16H22N2O2S. The van der Waals surface area contributed by atoms with Gasteiger partial charge in [0.1, 0.15) is 17.3 Å². The fourth-order valence-electron chi connectivity index (χ4n) is 2.11. The van der Waals surface area contributed by atoms with Crippen LogP contribution in [0.25, 0.3) is 0 Å². The molecule has 1 aromatic rings. The lowest BCUT2D eigenvalue weighted by Gasteiger charge is -2.26. The fourth-order valence-corrected chi connectivity index (χ4v) is 2.35. The van der Waals surface area contributed by atoms with Crippen molar-refractivity contribution in [3.8, 4) is 5.75 Å². The van der Waals surface area contributed by atoms with E-state index in [0.29, 0.717) is 6.61 Å². The summed E-state index contributed by atoms with van der Waals surface area (Å²) < 4.78 is 10.8. The molecule has 1 aromatic carbocycles. The lowest BCUT2D eigenvalue weighted by molar-refractivity contribution is 0.0389. The molecule has 1 fully saturated rings. The summed E-state index contributed by atoms with van der Waals surface area (Å²) in [6.07, 6.45) is 1.73. The molecule has 0 aromatic heterocycles. The highest BCUT2D eigenvalue weighted by molar-refractivity contribution is 7.80. The van der Waals surface area contributed by atoms with Crippen LogP contribution in [0.15, 0.2) is 36.9 Å². The van der Waals surface area contributed by atoms with Crippen molar-refractivity contribution in [2.75, 3.05) is 46.0 Å². The minimum absolute atomic E-state index is 0.515. The first-order valence-electron chi connectivity index (χ1n) is 7.21. The molecule has 4 nitrogen and oxygen atoms in total. The maximum atomic E-state index is 5.45. The van der Waals surface area contributed by atoms with Crippen molar-refractivity contribution in [1.82, 2.24) is 10.2 Å². The van der Waals surface area contributed by atoms with E-state index in [0.717, 1.165) is 55.7 Å². The molecule has 114 valence electrons. The quantitative estimate of drug-likeness (QED) is 0.614. The molecule has 21 heavy (non-hydrogen) atoms. The molecule has 1 aliphatic heterocycles. The van der Waals surface area contributed by atoms with Gasteiger partial charge in [-0.2, -0.15) is 0 Å². The highest BCUT2D eigenvalue weighted by Crippen LogP contribution is 2.12. The molecule has 1 aliphatic rings. The third-order valence-corrected chi connectivity index (χ3v) is 3.68. The van der Waals surface area contributed by atoms with Gasteiger partial charge >= 0.3 is 0 Å². The molecule has 1 N–H and O–H groups in total. The fraction of sp³-hybridized carbons (Fsp3) is 0.438. The summed E-state index contributed by atoms with van der Waals surface area (Å²) in [5.74, 6) is 0.828. The third-order valence-electron chi connectivity index (χ3n) is 3.30. The number of hydrogen-bond donors (Lipinski definition) is 1. The standard InChI is InChI=1S/C16H22N2O2S/c1-2-11-20-15-5-3-14(4-6-15)16(21)17-7-8-18-9-12-19-13-10-18/h2-6H,1,7-13H2,(H,17,21). The average molecular weight is 306 g/mol. The van der Waals surface area contributed by atoms with Crippen molar-refractivity contribution in [1.29, 1.82) is 0 Å². The molecule has 0 unspecified atom stereocenters. The Balaban J connectivity index is 1.73. The van der Waals surface area contributed by atoms with Crippen LogP contribution in [0, 0.1) is 0 Å². The zero-order chi connectivity index (χ0) is 14.9. The number of ether oxygens (including phenoxy) is 2. The van der Waals surface area contributed by atoms with Crippen molar-refractivity contribution >= 4 is 17.2 Å². The monoisotopic (exact) mass is 306 g/mol. The molecule has 0 atom stereocenters. The number of hydrogen-bond acceptors (Lipinski definition) is 4. The van der Waals surface area contributed by atoms with Crippen molar-refractivity contribution in [2.45, 2.75) is 0 Å². The lowest BCUT2D eigenvalue weighted by Crippen LogP contribution is -2.41. The summed E-state index contributed by atoms with van der Waals surface area (Å²) in [6, 6.07) is 7.80. The van der Waals surface area contributed by atoms with Crippen LogP contribution >= 0.6 is 12.2 Å². The summed E-state index contributed by atoms with van der Waals surface area (Å²) in [4.78, 5) is 3.16. The van der Waals surface area contributed by atoms with Crippen molar-refractivity contribution < 1.29 is 9.47 Å². The summed E-state index contributed by atoms with van der Waals surface area (Å²) in [5, 5.41) is 3.30. The third kappa shape index (κ3) is 5.46. The Morgan fingerprint density at radius 2 is 2.05 bits per heavy atom. The second kappa shape index (κ2) is 8.77. The van der Waals surface area contributed by atoms with E-state index >= 15 is 0 Å². The smallest absolute Gasteiger partial charge is 0.119 e. The highest BCUT2D eigenvalue weighted by Gasteiger charge is 2.09. The molecule has 0 spiro atoms. The van der Waals surface area contributed by atoms with Gasteiger partial charge in [-0.25, -0.2) is 0 Å². The van der Waals surface area contributed by atoms with Gasteiger partial charge in [-0.15, -0.1) is 0 Å². The van der Waals surface area contributed by atoms with Crippen LogP contribution < -0.4 is 10.1 Å². The normalized spacial score (nSPS) is 15.4. The molecule has 0 aliphatic carbocycles. The number of morpholine rings is 1. The summed E-state index contributed by atoms with van der Waals surface area (Å²) >= 11 is 5.41. The molecule has 5 heteroatoms. The summed E-state index contributed by atoms with van der Waals surface area (Å²) in [7, 11) is 0. The van der Waals surface area contributed by atoms with Crippen LogP contribution in [0.5, 0.6) is 5.75 Å². The van der Waals surface area contributed by atoms with Gasteiger partial charge in [0.25, 0.3) is 0 Å². The van der Waals surface area contributed by atoms with Crippen molar-refractivity contribution in [3.05, 3.63) is 42.5 Å². The zero-order valence-electron chi connectivity index (χ0n) is 12.2. The maximum absolute atomic E-state index is 5.45. The highest BCUT2D eigenvalue weighted by atomic mass is 32.1. The largest absolute Gasteiger partial charge is 0.490 e. The first-order valence-corrected chi connectivity index (χ1v) is 7.62. The van der Waals surface area contributed by atoms with Gasteiger partial charge in [-0.3, -0.25) is 4.90 Å². The van der Waals surface area contributed by atoms with Crippen molar-refractivity contribution in [3.63, 3.8) is 0 Å². The second-order valence-electron chi connectivity index (χ2n) is 4.83. The zero-order valence-corrected chi connectivity index (χ0v) is 13.0. The molecular weight excluding hydrogens is 284 g/mol. The Labute approximate surface area is 131 Å². The van der Waals surface area contributed by atoms with E-state index in [1.54, 1.807) is 6.08 Å². The van der Waals surface area contributed by atoms with Crippen LogP contribution in [-0.2, 0) is 4.74 Å². The molecule has 1 heterocycles. The number of nitrogens with one attached hydrogen (secondary N) is 1. The van der Waals surface area contributed by atoms with E-state index in [-0.39, 0.29) is 0 Å². The van der Waals surface area contributed by atoms with Gasteiger partial charge in [-0.1, -0.05) is 24.9 Å². The van der Waals surface area contributed by atoms with Crippen LogP contribution in [-0.4, -0.2) is 55.9 Å². The Hall–Kier alpha value is -1.43. The van der Waals surface area contributed by atoms with E-state index in [4.69, 9.17) is 21.7 Å². The minimum Gasteiger partial charge on any atom is -0.490 e. The van der Waals surface area contributed by atoms with Gasteiger partial charge in [0.15, 0.2) is 0 Å². The topological polar surface area (TPSA) is 33.7 Å². The second-order valence-corrected chi connectivity index (χ2v) is 5.24. The molecule has 0 amide bonds. The number of rotatable bonds is 7. The Morgan fingerprint density at radius 3 is 2.71 bits per heavy atom. The van der Waals surface area contributed by atoms with E-state index < -0.39 is 0 Å². The lowest BCUT2D eigenvalue weighted by atomic mass is 10.2. The van der Waals surface area contributed by atoms with Gasteiger partial charge < -0.3 is 14.8 Å². The minimum atomic E-state index is 0.515. The molecule has 0 radical (unpaired) electrons. The predicted octanol–water partition coefficient (Wildman–Crippen LogP) is 1.85. The van der Waals surface area contributed by atoms with Gasteiger partial charge in [-0.05, 0) is 24.3 Å². The van der Waals surface area contributed by atoms with Gasteiger partial charge in [0.2, 0.25) is 0 Å². The van der Waals surface area contributed by atoms with Crippen molar-refractivity contribution in [2.24, 2.45) is 0 Å². The molecule has 1 saturated heterocycles. The van der Waals surface area contributed by atoms with Crippen LogP contribution in [0.3, 0.4) is 0 Å². The Kier molecular flexibility index (Phi) is 6.66. The molecule has 0 bridgehead atoms. The van der Waals surface area contributed by atoms with E-state index in [1.165, 1.54) is 0 Å². The molecule has 2 rings (SSSR count). The van der Waals surface area contributed by atoms with Crippen LogP contribution in [0.2, 0.25) is 0 Å². The predicted molar refractivity (Wildman–Crippen MR) is 89.1 cm³/mol. The van der Waals surface area contributed by atoms with E-state index in [1.807, 2.05) is 24.3 Å². The van der Waals surface area contributed by atoms with Crippen LogP contribution in [0.1, 0.15) is 5.56 Å². The molecule has 0 saturated carbocycles. The first kappa shape index (κ1) is 15.9. The SMILES string of the molecule is C=CCOc1ccc(C(=S)NCCN2CCOCC2)cc1. The Bertz CT molecular complexity index is 456. The number of thiocarbonyl (C=S) groups is 1. The number of benzene rings is 1. The number of nitrogens with zero attached hydrogens (tertiary/aromatic N) is 1. The first-order chi connectivity index (χ1) is 10.3. The summed E-state index contributed by atoms with van der Waals surface area (Å²) in [5.41, 5.74) is 1.01. The maximum Gasteiger partial charge on any atom is 0.119 e. The van der Waals surface area contributed by atoms with E-state index in [2.05, 4.69) is 16.8 Å². The average Bonchev–Trinajstić information content (AvgIpc) is 2.54. The summed E-state index contributed by atoms with van der Waals surface area (Å²) in [6.45, 7) is 9.65. The Morgan fingerprint density at radius 1 is 1.33 bits per heavy atom. The van der Waals surface area contributed by atoms with Crippen LogP contribution in [0.4, 0.5) is 0 Å². The van der Waals surface area contributed by atoms with Gasteiger partial charge in [0.05, 0.1) is 13.2 Å². The van der Waals surface area contributed by atoms with E-state index in [9.17, 15) is 0 Å².